The maximum Gasteiger partial charge on any atom is 0.270 e. The van der Waals surface area contributed by atoms with Gasteiger partial charge in [0.25, 0.3) is 5.91 Å². The van der Waals surface area contributed by atoms with Gasteiger partial charge in [-0.05, 0) is 66.6 Å². The maximum absolute atomic E-state index is 12.9. The molecular formula is C27H33N3O3. The monoisotopic (exact) mass is 447 g/mol. The van der Waals surface area contributed by atoms with Gasteiger partial charge in [-0.2, -0.15) is 0 Å². The zero-order chi connectivity index (χ0) is 23.7. The Hall–Kier alpha value is -3.12. The highest BCUT2D eigenvalue weighted by atomic mass is 16.3. The number of hydrogen-bond acceptors (Lipinski definition) is 5. The highest BCUT2D eigenvalue weighted by Crippen LogP contribution is 2.40. The second-order valence-electron chi connectivity index (χ2n) is 9.45. The molecule has 2 aromatic rings. The molecule has 6 heteroatoms. The van der Waals surface area contributed by atoms with Gasteiger partial charge >= 0.3 is 0 Å². The van der Waals surface area contributed by atoms with E-state index >= 15 is 0 Å². The minimum atomic E-state index is -0.208. The van der Waals surface area contributed by atoms with E-state index < -0.39 is 0 Å². The van der Waals surface area contributed by atoms with Crippen LogP contribution in [0, 0.1) is 5.92 Å². The first kappa shape index (κ1) is 23.1. The summed E-state index contributed by atoms with van der Waals surface area (Å²) >= 11 is 0. The molecule has 0 atom stereocenters. The number of hydrogen-bond donors (Lipinski definition) is 3. The minimum absolute atomic E-state index is 0.000518. The van der Waals surface area contributed by atoms with Crippen molar-refractivity contribution in [2.75, 3.05) is 26.7 Å². The van der Waals surface area contributed by atoms with E-state index in [0.29, 0.717) is 36.7 Å². The molecule has 0 radical (unpaired) electrons. The van der Waals surface area contributed by atoms with Gasteiger partial charge in [-0.15, -0.1) is 0 Å². The van der Waals surface area contributed by atoms with Crippen LogP contribution < -0.4 is 5.32 Å². The molecule has 0 saturated carbocycles. The van der Waals surface area contributed by atoms with Gasteiger partial charge < -0.3 is 20.4 Å². The van der Waals surface area contributed by atoms with Crippen LogP contribution in [0.1, 0.15) is 48.6 Å². The predicted octanol–water partition coefficient (Wildman–Crippen LogP) is 3.79. The van der Waals surface area contributed by atoms with Crippen LogP contribution in [0.15, 0.2) is 35.3 Å². The maximum atomic E-state index is 12.9. The lowest BCUT2D eigenvalue weighted by Crippen LogP contribution is -2.31. The number of nitrogens with zero attached hydrogens (tertiary/aromatic N) is 2. The van der Waals surface area contributed by atoms with Gasteiger partial charge in [-0.3, -0.25) is 9.79 Å². The first-order valence-corrected chi connectivity index (χ1v) is 11.7. The zero-order valence-corrected chi connectivity index (χ0v) is 19.9. The molecule has 0 unspecified atom stereocenters. The largest absolute Gasteiger partial charge is 0.508 e. The summed E-state index contributed by atoms with van der Waals surface area (Å²) in [4.78, 5) is 19.8. The molecule has 0 saturated heterocycles. The Kier molecular flexibility index (Phi) is 6.56. The van der Waals surface area contributed by atoms with E-state index in [0.717, 1.165) is 41.8 Å². The van der Waals surface area contributed by atoms with E-state index in [1.165, 1.54) is 17.2 Å². The molecule has 3 N–H and O–H groups in total. The van der Waals surface area contributed by atoms with Gasteiger partial charge in [0.1, 0.15) is 17.2 Å². The van der Waals surface area contributed by atoms with Crippen LogP contribution in [0.4, 0.5) is 0 Å². The fourth-order valence-corrected chi connectivity index (χ4v) is 4.74. The quantitative estimate of drug-likeness (QED) is 0.629. The normalized spacial score (nSPS) is 16.2. The Morgan fingerprint density at radius 2 is 1.94 bits per heavy atom. The number of benzene rings is 2. The van der Waals surface area contributed by atoms with Crippen molar-refractivity contribution in [1.29, 1.82) is 0 Å². The third kappa shape index (κ3) is 4.67. The van der Waals surface area contributed by atoms with Crippen LogP contribution in [-0.4, -0.2) is 53.4 Å². The number of amides is 1. The van der Waals surface area contributed by atoms with E-state index in [2.05, 4.69) is 54.3 Å². The van der Waals surface area contributed by atoms with Crippen LogP contribution >= 0.6 is 0 Å². The standard InChI is InChI=1S/C27H33N3O3/c1-5-28-27(33)26-25(18-6-7-19-15-30(4)9-8-17(19)11-18)22(14-29-26)21-12-20(10-16(2)3)23(31)13-24(21)32/h6-7,11-13,16,31-32H,5,8-10,14-15H2,1-4H3,(H,28,33). The van der Waals surface area contributed by atoms with E-state index in [4.69, 9.17) is 0 Å². The third-order valence-corrected chi connectivity index (χ3v) is 6.33. The number of likely N-dealkylation sites (N-methyl/N-ethyl adjacent to an activating group) is 1. The highest BCUT2D eigenvalue weighted by Gasteiger charge is 2.29. The first-order valence-electron chi connectivity index (χ1n) is 11.7. The summed E-state index contributed by atoms with van der Waals surface area (Å²) in [7, 11) is 2.12. The van der Waals surface area contributed by atoms with Crippen LogP contribution in [0.3, 0.4) is 0 Å². The molecule has 0 aromatic heterocycles. The number of phenols is 2. The van der Waals surface area contributed by atoms with Crippen molar-refractivity contribution in [3.63, 3.8) is 0 Å². The zero-order valence-electron chi connectivity index (χ0n) is 19.9. The van der Waals surface area contributed by atoms with E-state index in [1.54, 1.807) is 0 Å². The van der Waals surface area contributed by atoms with Crippen molar-refractivity contribution >= 4 is 22.8 Å². The fraction of sp³-hybridized carbons (Fsp3) is 0.407. The summed E-state index contributed by atoms with van der Waals surface area (Å²) < 4.78 is 0. The topological polar surface area (TPSA) is 85.2 Å². The lowest BCUT2D eigenvalue weighted by Gasteiger charge is -2.25. The number of rotatable bonds is 6. The highest BCUT2D eigenvalue weighted by molar-refractivity contribution is 6.59. The molecule has 1 amide bonds. The Balaban J connectivity index is 1.87. The number of fused-ring (bicyclic) bond motifs is 1. The second kappa shape index (κ2) is 9.40. The summed E-state index contributed by atoms with van der Waals surface area (Å²) in [5, 5.41) is 24.0. The molecular weight excluding hydrogens is 414 g/mol. The Bertz CT molecular complexity index is 1150. The van der Waals surface area contributed by atoms with Crippen molar-refractivity contribution in [2.24, 2.45) is 10.9 Å². The molecule has 2 aliphatic heterocycles. The minimum Gasteiger partial charge on any atom is -0.508 e. The lowest BCUT2D eigenvalue weighted by molar-refractivity contribution is -0.114. The van der Waals surface area contributed by atoms with Crippen molar-refractivity contribution in [1.82, 2.24) is 10.2 Å². The molecule has 2 aromatic carbocycles. The smallest absolute Gasteiger partial charge is 0.270 e. The van der Waals surface area contributed by atoms with Crippen molar-refractivity contribution in [3.05, 3.63) is 58.1 Å². The van der Waals surface area contributed by atoms with Gasteiger partial charge in [-0.1, -0.05) is 32.0 Å². The molecule has 0 bridgehead atoms. The third-order valence-electron chi connectivity index (χ3n) is 6.33. The van der Waals surface area contributed by atoms with Gasteiger partial charge in [0.05, 0.1) is 6.54 Å². The van der Waals surface area contributed by atoms with E-state index in [1.807, 2.05) is 13.0 Å². The Morgan fingerprint density at radius 3 is 2.67 bits per heavy atom. The number of phenolic OH excluding ortho intramolecular Hbond substituents is 2. The van der Waals surface area contributed by atoms with Crippen molar-refractivity contribution in [3.8, 4) is 11.5 Å². The molecule has 33 heavy (non-hydrogen) atoms. The summed E-state index contributed by atoms with van der Waals surface area (Å²) in [6.07, 6.45) is 1.65. The van der Waals surface area contributed by atoms with E-state index in [9.17, 15) is 15.0 Å². The second-order valence-corrected chi connectivity index (χ2v) is 9.45. The lowest BCUT2D eigenvalue weighted by atomic mass is 9.88. The number of carbonyl (C=O) groups excluding carboxylic acids is 1. The van der Waals surface area contributed by atoms with Crippen molar-refractivity contribution < 1.29 is 15.0 Å². The van der Waals surface area contributed by atoms with Crippen molar-refractivity contribution in [2.45, 2.75) is 40.2 Å². The van der Waals surface area contributed by atoms with Crippen LogP contribution in [0.25, 0.3) is 11.1 Å². The molecule has 2 heterocycles. The molecule has 0 aliphatic carbocycles. The molecule has 174 valence electrons. The molecule has 2 aliphatic rings. The van der Waals surface area contributed by atoms with Crippen LogP contribution in [0.5, 0.6) is 11.5 Å². The average molecular weight is 448 g/mol. The average Bonchev–Trinajstić information content (AvgIpc) is 3.20. The molecule has 6 nitrogen and oxygen atoms in total. The van der Waals surface area contributed by atoms with E-state index in [-0.39, 0.29) is 17.4 Å². The first-order chi connectivity index (χ1) is 15.8. The molecule has 0 spiro atoms. The van der Waals surface area contributed by atoms with Gasteiger partial charge in [0.15, 0.2) is 0 Å². The summed E-state index contributed by atoms with van der Waals surface area (Å²) in [5.41, 5.74) is 6.91. The Labute approximate surface area is 195 Å². The predicted molar refractivity (Wildman–Crippen MR) is 133 cm³/mol. The SMILES string of the molecule is CCNC(=O)C1=NCC(c2cc(CC(C)C)c(O)cc2O)=C1c1ccc2c(c1)CCN(C)C2. The summed E-state index contributed by atoms with van der Waals surface area (Å²) in [5.74, 6) is 0.235. The summed E-state index contributed by atoms with van der Waals surface area (Å²) in [6.45, 7) is 8.80. The Morgan fingerprint density at radius 1 is 1.15 bits per heavy atom. The molecule has 0 fully saturated rings. The van der Waals surface area contributed by atoms with Gasteiger partial charge in [-0.25, -0.2) is 0 Å². The number of aliphatic imine (C=N–C) groups is 1. The number of nitrogens with one attached hydrogen (secondary N) is 1. The van der Waals surface area contributed by atoms with Crippen LogP contribution in [0.2, 0.25) is 0 Å². The molecule has 4 rings (SSSR count). The van der Waals surface area contributed by atoms with Gasteiger partial charge in [0.2, 0.25) is 0 Å². The number of carbonyl (C=O) groups is 1. The number of aromatic hydroxyl groups is 2. The van der Waals surface area contributed by atoms with Crippen LogP contribution in [-0.2, 0) is 24.2 Å². The summed E-state index contributed by atoms with van der Waals surface area (Å²) in [6, 6.07) is 9.62. The fourth-order valence-electron chi connectivity index (χ4n) is 4.74. The van der Waals surface area contributed by atoms with Gasteiger partial charge in [0, 0.05) is 36.8 Å².